The lowest BCUT2D eigenvalue weighted by Crippen LogP contribution is -2.38. The maximum Gasteiger partial charge on any atom is 0.146 e. The second kappa shape index (κ2) is 7.24. The Bertz CT molecular complexity index is 735. The molecule has 1 amide bonds. The lowest BCUT2D eigenvalue weighted by Gasteiger charge is -2.28. The Labute approximate surface area is 157 Å². The third-order valence-electron chi connectivity index (χ3n) is 2.92. The lowest BCUT2D eigenvalue weighted by atomic mass is 10.2. The number of amides is 1. The first-order valence-corrected chi connectivity index (χ1v) is 7.85. The molecule has 2 rings (SSSR count). The van der Waals surface area contributed by atoms with Crippen molar-refractivity contribution < 1.29 is 14.6 Å². The first-order valence-electron chi connectivity index (χ1n) is 5.96. The number of carboxylic acid groups (broad SMARTS) is 1. The predicted octanol–water partition coefficient (Wildman–Crippen LogP) is 5.44. The van der Waals surface area contributed by atoms with Crippen molar-refractivity contribution in [2.45, 2.75) is 0 Å². The van der Waals surface area contributed by atoms with Gasteiger partial charge >= 0.3 is 0 Å². The number of carbonyl (C=O) groups excluding carboxylic acids is 1. The quantitative estimate of drug-likeness (QED) is 0.496. The summed E-state index contributed by atoms with van der Waals surface area (Å²) in [4.78, 5) is 12.4. The zero-order chi connectivity index (χ0) is 17.3. The highest BCUT2D eigenvalue weighted by molar-refractivity contribution is 6.56. The summed E-state index contributed by atoms with van der Waals surface area (Å²) in [5.41, 5.74) is 0.0713. The zero-order valence-corrected chi connectivity index (χ0v) is 15.2. The number of benzene rings is 2. The molecule has 122 valence electrons. The fourth-order valence-electron chi connectivity index (χ4n) is 1.85. The van der Waals surface area contributed by atoms with Crippen LogP contribution in [0.5, 0.6) is 5.75 Å². The summed E-state index contributed by atoms with van der Waals surface area (Å²) in [6.07, 6.45) is -1.58. The summed E-state index contributed by atoms with van der Waals surface area (Å²) in [5.74, 6) is 0.538. The van der Waals surface area contributed by atoms with Crippen LogP contribution in [0.1, 0.15) is 0 Å². The fraction of sp³-hybridized carbons (Fsp3) is 0.0714. The smallest absolute Gasteiger partial charge is 0.146 e. The van der Waals surface area contributed by atoms with Crippen molar-refractivity contribution in [3.8, 4) is 5.75 Å². The molecule has 0 N–H and O–H groups in total. The van der Waals surface area contributed by atoms with Crippen LogP contribution in [0, 0.1) is 0 Å². The minimum atomic E-state index is -1.58. The van der Waals surface area contributed by atoms with Gasteiger partial charge in [-0.05, 0) is 24.3 Å². The standard InChI is InChI=1S/C14H8Cl5NO3/c1-23-7-4-2-6(3-5-7)20(14(21)22)13-11(18)9(16)8(15)10(17)12(13)19/h2-5H,1H3,(H,21,22)/p-1. The Morgan fingerprint density at radius 2 is 1.35 bits per heavy atom. The van der Waals surface area contributed by atoms with E-state index in [9.17, 15) is 9.90 Å². The van der Waals surface area contributed by atoms with Crippen molar-refractivity contribution in [1.29, 1.82) is 0 Å². The lowest BCUT2D eigenvalue weighted by molar-refractivity contribution is -0.245. The molecule has 9 heteroatoms. The van der Waals surface area contributed by atoms with Crippen LogP contribution in [0.25, 0.3) is 0 Å². The van der Waals surface area contributed by atoms with Crippen molar-refractivity contribution in [3.63, 3.8) is 0 Å². The second-order valence-corrected chi connectivity index (χ2v) is 6.11. The molecule has 0 bridgehead atoms. The van der Waals surface area contributed by atoms with Crippen molar-refractivity contribution in [2.24, 2.45) is 0 Å². The number of nitrogens with zero attached hydrogens (tertiary/aromatic N) is 1. The Morgan fingerprint density at radius 1 is 0.913 bits per heavy atom. The van der Waals surface area contributed by atoms with Crippen LogP contribution in [-0.4, -0.2) is 13.2 Å². The van der Waals surface area contributed by atoms with Gasteiger partial charge in [0, 0.05) is 5.69 Å². The molecule has 0 spiro atoms. The molecule has 0 heterocycles. The van der Waals surface area contributed by atoms with Gasteiger partial charge in [-0.15, -0.1) is 0 Å². The molecule has 23 heavy (non-hydrogen) atoms. The molecule has 0 aliphatic carbocycles. The van der Waals surface area contributed by atoms with Gasteiger partial charge in [-0.3, -0.25) is 4.90 Å². The molecule has 0 saturated carbocycles. The molecule has 0 unspecified atom stereocenters. The molecule has 0 radical (unpaired) electrons. The number of hydrogen-bond donors (Lipinski definition) is 0. The fourth-order valence-corrected chi connectivity index (χ4v) is 3.14. The van der Waals surface area contributed by atoms with Gasteiger partial charge < -0.3 is 14.6 Å². The van der Waals surface area contributed by atoms with E-state index in [0.717, 1.165) is 4.90 Å². The highest BCUT2D eigenvalue weighted by Crippen LogP contribution is 2.49. The van der Waals surface area contributed by atoms with Gasteiger partial charge in [0.2, 0.25) is 0 Å². The van der Waals surface area contributed by atoms with Gasteiger partial charge in [-0.1, -0.05) is 58.0 Å². The van der Waals surface area contributed by atoms with E-state index < -0.39 is 6.09 Å². The SMILES string of the molecule is COc1ccc(N(C(=O)[O-])c2c(Cl)c(Cl)c(Cl)c(Cl)c2Cl)cc1. The van der Waals surface area contributed by atoms with Crippen LogP contribution in [0.3, 0.4) is 0 Å². The molecule has 4 nitrogen and oxygen atoms in total. The number of hydrogen-bond acceptors (Lipinski definition) is 3. The largest absolute Gasteiger partial charge is 0.529 e. The first-order chi connectivity index (χ1) is 10.8. The van der Waals surface area contributed by atoms with Gasteiger partial charge in [0.1, 0.15) is 11.8 Å². The highest BCUT2D eigenvalue weighted by atomic mass is 35.5. The topological polar surface area (TPSA) is 52.6 Å². The molecule has 0 aromatic heterocycles. The molecule has 2 aromatic carbocycles. The van der Waals surface area contributed by atoms with Gasteiger partial charge in [0.25, 0.3) is 0 Å². The minimum absolute atomic E-state index is 0.0693. The summed E-state index contributed by atoms with van der Waals surface area (Å²) in [6, 6.07) is 6.09. The van der Waals surface area contributed by atoms with Crippen molar-refractivity contribution >= 4 is 75.5 Å². The summed E-state index contributed by atoms with van der Waals surface area (Å²) in [5, 5.41) is 11.0. The Balaban J connectivity index is 2.70. The van der Waals surface area contributed by atoms with Gasteiger partial charge in [0.15, 0.2) is 0 Å². The van der Waals surface area contributed by atoms with E-state index in [0.29, 0.717) is 5.75 Å². The normalized spacial score (nSPS) is 10.5. The Hall–Kier alpha value is -1.04. The van der Waals surface area contributed by atoms with E-state index in [-0.39, 0.29) is 36.5 Å². The van der Waals surface area contributed by atoms with E-state index in [2.05, 4.69) is 0 Å². The van der Waals surface area contributed by atoms with E-state index in [4.69, 9.17) is 62.7 Å². The van der Waals surface area contributed by atoms with Gasteiger partial charge in [-0.2, -0.15) is 0 Å². The summed E-state index contributed by atoms with van der Waals surface area (Å²) >= 11 is 30.1. The zero-order valence-electron chi connectivity index (χ0n) is 11.4. The third-order valence-corrected chi connectivity index (χ3v) is 5.18. The number of ether oxygens (including phenoxy) is 1. The molecule has 0 fully saturated rings. The molecular weight excluding hydrogens is 407 g/mol. The number of halogens is 5. The van der Waals surface area contributed by atoms with E-state index in [1.165, 1.54) is 19.2 Å². The minimum Gasteiger partial charge on any atom is -0.529 e. The summed E-state index contributed by atoms with van der Waals surface area (Å²) in [7, 11) is 1.48. The van der Waals surface area contributed by atoms with Crippen LogP contribution in [-0.2, 0) is 0 Å². The number of carbonyl (C=O) groups is 1. The molecule has 0 aliphatic rings. The van der Waals surface area contributed by atoms with Crippen LogP contribution >= 0.6 is 58.0 Å². The van der Waals surface area contributed by atoms with Crippen molar-refractivity contribution in [2.75, 3.05) is 12.0 Å². The maximum atomic E-state index is 11.6. The maximum absolute atomic E-state index is 11.6. The third kappa shape index (κ3) is 3.42. The summed E-state index contributed by atoms with van der Waals surface area (Å²) < 4.78 is 5.02. The van der Waals surface area contributed by atoms with Crippen LogP contribution in [0.4, 0.5) is 16.2 Å². The van der Waals surface area contributed by atoms with E-state index in [1.54, 1.807) is 12.1 Å². The second-order valence-electron chi connectivity index (χ2n) is 4.22. The summed E-state index contributed by atoms with van der Waals surface area (Å²) in [6.45, 7) is 0. The van der Waals surface area contributed by atoms with Crippen molar-refractivity contribution in [3.05, 3.63) is 49.4 Å². The molecule has 0 saturated heterocycles. The van der Waals surface area contributed by atoms with Crippen molar-refractivity contribution in [1.82, 2.24) is 0 Å². The van der Waals surface area contributed by atoms with Crippen LogP contribution in [0.15, 0.2) is 24.3 Å². The Kier molecular flexibility index (Phi) is 5.76. The Morgan fingerprint density at radius 3 is 1.74 bits per heavy atom. The van der Waals surface area contributed by atoms with Crippen LogP contribution < -0.4 is 14.7 Å². The van der Waals surface area contributed by atoms with Gasteiger partial charge in [-0.25, -0.2) is 0 Å². The van der Waals surface area contributed by atoms with E-state index >= 15 is 0 Å². The number of methoxy groups -OCH3 is 1. The molecule has 0 atom stereocenters. The molecule has 0 aliphatic heterocycles. The predicted molar refractivity (Wildman–Crippen MR) is 92.0 cm³/mol. The molecular formula is C14H7Cl5NO3-. The first kappa shape index (κ1) is 18.3. The average molecular weight is 414 g/mol. The molecule has 2 aromatic rings. The number of rotatable bonds is 3. The average Bonchev–Trinajstić information content (AvgIpc) is 2.55. The van der Waals surface area contributed by atoms with E-state index in [1.807, 2.05) is 0 Å². The van der Waals surface area contributed by atoms with Gasteiger partial charge in [0.05, 0.1) is 37.9 Å². The highest BCUT2D eigenvalue weighted by Gasteiger charge is 2.25. The monoisotopic (exact) mass is 412 g/mol. The van der Waals surface area contributed by atoms with Crippen LogP contribution in [0.2, 0.25) is 25.1 Å². The number of anilines is 2.